The predicted molar refractivity (Wildman–Crippen MR) is 143 cm³/mol. The Balaban J connectivity index is 2.30. The minimum atomic E-state index is -2.24. The van der Waals surface area contributed by atoms with Crippen molar-refractivity contribution in [1.82, 2.24) is 0 Å². The number of thioether (sulfide) groups is 1. The summed E-state index contributed by atoms with van der Waals surface area (Å²) in [5.41, 5.74) is 0.624. The molecule has 5 atom stereocenters. The summed E-state index contributed by atoms with van der Waals surface area (Å²) in [6, 6.07) is 8.17. The quantitative estimate of drug-likeness (QED) is 0.439. The van der Waals surface area contributed by atoms with Gasteiger partial charge in [-0.3, -0.25) is 0 Å². The third-order valence-electron chi connectivity index (χ3n) is 7.57. The van der Waals surface area contributed by atoms with E-state index in [1.165, 1.54) is 17.3 Å². The van der Waals surface area contributed by atoms with Crippen molar-refractivity contribution in [3.63, 3.8) is 0 Å². The molecule has 5 nitrogen and oxygen atoms in total. The summed E-state index contributed by atoms with van der Waals surface area (Å²) in [5, 5.41) is 22.6. The van der Waals surface area contributed by atoms with Crippen LogP contribution in [0.15, 0.2) is 29.2 Å². The summed E-state index contributed by atoms with van der Waals surface area (Å²) in [6.07, 6.45) is -3.21. The van der Waals surface area contributed by atoms with Gasteiger partial charge in [0.1, 0.15) is 29.9 Å². The molecular formula is C25H46O5SSi2. The Kier molecular flexibility index (Phi) is 9.17. The monoisotopic (exact) mass is 514 g/mol. The Labute approximate surface area is 207 Å². The van der Waals surface area contributed by atoms with Crippen molar-refractivity contribution in [3.8, 4) is 0 Å². The van der Waals surface area contributed by atoms with Gasteiger partial charge in [-0.1, -0.05) is 71.0 Å². The highest BCUT2D eigenvalue weighted by Gasteiger charge is 2.50. The second-order valence-electron chi connectivity index (χ2n) is 12.4. The van der Waals surface area contributed by atoms with Gasteiger partial charge >= 0.3 is 0 Å². The number of aliphatic hydroxyl groups excluding tert-OH is 2. The predicted octanol–water partition coefficient (Wildman–Crippen LogP) is 5.95. The molecule has 1 saturated heterocycles. The molecule has 1 aromatic rings. The second kappa shape index (κ2) is 10.4. The average Bonchev–Trinajstić information content (AvgIpc) is 2.66. The number of aliphatic hydroxyl groups is 2. The van der Waals surface area contributed by atoms with Gasteiger partial charge in [-0.2, -0.15) is 0 Å². The lowest BCUT2D eigenvalue weighted by Gasteiger charge is -2.48. The van der Waals surface area contributed by atoms with E-state index in [1.807, 2.05) is 31.2 Å². The van der Waals surface area contributed by atoms with Crippen LogP contribution in [0, 0.1) is 6.92 Å². The van der Waals surface area contributed by atoms with Crippen LogP contribution >= 0.6 is 11.8 Å². The molecule has 0 aromatic heterocycles. The molecule has 0 radical (unpaired) electrons. The van der Waals surface area contributed by atoms with Gasteiger partial charge in [-0.15, -0.1) is 0 Å². The molecule has 8 heteroatoms. The van der Waals surface area contributed by atoms with E-state index in [0.29, 0.717) is 0 Å². The molecule has 2 rings (SSSR count). The topological polar surface area (TPSA) is 68.2 Å². The van der Waals surface area contributed by atoms with Gasteiger partial charge in [-0.25, -0.2) is 0 Å². The molecule has 1 aromatic carbocycles. The van der Waals surface area contributed by atoms with Gasteiger partial charge in [0, 0.05) is 4.90 Å². The highest BCUT2D eigenvalue weighted by molar-refractivity contribution is 7.99. The molecule has 1 aliphatic rings. The molecule has 1 heterocycles. The molecule has 1 fully saturated rings. The number of hydrogen-bond acceptors (Lipinski definition) is 6. The molecule has 0 saturated carbocycles. The number of hydrogen-bond donors (Lipinski definition) is 2. The van der Waals surface area contributed by atoms with Gasteiger partial charge in [0.15, 0.2) is 16.6 Å². The molecule has 33 heavy (non-hydrogen) atoms. The smallest absolute Gasteiger partial charge is 0.192 e. The van der Waals surface area contributed by atoms with E-state index in [2.05, 4.69) is 67.7 Å². The van der Waals surface area contributed by atoms with Crippen LogP contribution in [0.2, 0.25) is 36.3 Å². The fraction of sp³-hybridized carbons (Fsp3) is 0.760. The fourth-order valence-electron chi connectivity index (χ4n) is 3.05. The molecule has 0 spiro atoms. The lowest BCUT2D eigenvalue weighted by Crippen LogP contribution is -2.62. The van der Waals surface area contributed by atoms with Crippen LogP contribution < -0.4 is 0 Å². The van der Waals surface area contributed by atoms with Crippen molar-refractivity contribution in [2.24, 2.45) is 0 Å². The summed E-state index contributed by atoms with van der Waals surface area (Å²) in [6.45, 7) is 24.1. The van der Waals surface area contributed by atoms with Crippen LogP contribution in [0.25, 0.3) is 0 Å². The average molecular weight is 515 g/mol. The Morgan fingerprint density at radius 2 is 1.39 bits per heavy atom. The van der Waals surface area contributed by atoms with Crippen molar-refractivity contribution in [1.29, 1.82) is 0 Å². The number of aryl methyl sites for hydroxylation is 1. The number of ether oxygens (including phenoxy) is 1. The lowest BCUT2D eigenvalue weighted by molar-refractivity contribution is -0.200. The van der Waals surface area contributed by atoms with Crippen molar-refractivity contribution in [2.45, 2.75) is 119 Å². The van der Waals surface area contributed by atoms with Crippen LogP contribution in [-0.4, -0.2) is 63.3 Å². The highest BCUT2D eigenvalue weighted by Crippen LogP contribution is 2.42. The molecule has 0 unspecified atom stereocenters. The zero-order valence-electron chi connectivity index (χ0n) is 22.4. The summed E-state index contributed by atoms with van der Waals surface area (Å²) in [5.74, 6) is 0. The van der Waals surface area contributed by atoms with Crippen molar-refractivity contribution >= 4 is 28.4 Å². The summed E-state index contributed by atoms with van der Waals surface area (Å²) in [7, 11) is -4.27. The van der Waals surface area contributed by atoms with E-state index in [-0.39, 0.29) is 16.7 Å². The minimum absolute atomic E-state index is 0.0442. The Bertz CT molecular complexity index is 770. The van der Waals surface area contributed by atoms with E-state index < -0.39 is 46.5 Å². The van der Waals surface area contributed by atoms with Gasteiger partial charge in [-0.05, 0) is 55.3 Å². The van der Waals surface area contributed by atoms with Crippen LogP contribution in [0.5, 0.6) is 0 Å². The summed E-state index contributed by atoms with van der Waals surface area (Å²) >= 11 is 1.47. The van der Waals surface area contributed by atoms with Gasteiger partial charge in [0.05, 0.1) is 6.61 Å². The Morgan fingerprint density at radius 3 is 1.88 bits per heavy atom. The van der Waals surface area contributed by atoms with E-state index >= 15 is 0 Å². The van der Waals surface area contributed by atoms with Crippen LogP contribution in [0.3, 0.4) is 0 Å². The molecule has 0 amide bonds. The standard InChI is InChI=1S/C25H46O5SSi2/c1-17-12-14-18(15-13-17)31-23-21(27)22(30-33(10,11)25(5,6)7)20(26)19(29-23)16-28-32(8,9)24(2,3)4/h12-15,19-23,26-27H,16H2,1-11H3/t19-,20-,21-,22+,23+/m1/s1. The first-order chi connectivity index (χ1) is 14.9. The largest absolute Gasteiger partial charge is 0.414 e. The highest BCUT2D eigenvalue weighted by atomic mass is 32.2. The third kappa shape index (κ3) is 7.16. The minimum Gasteiger partial charge on any atom is -0.414 e. The van der Waals surface area contributed by atoms with E-state index in [0.717, 1.165) is 4.90 Å². The maximum Gasteiger partial charge on any atom is 0.192 e. The molecule has 1 aliphatic heterocycles. The fourth-order valence-corrected chi connectivity index (χ4v) is 6.43. The zero-order valence-corrected chi connectivity index (χ0v) is 25.2. The van der Waals surface area contributed by atoms with Gasteiger partial charge < -0.3 is 23.8 Å². The van der Waals surface area contributed by atoms with Crippen molar-refractivity contribution in [2.75, 3.05) is 6.61 Å². The van der Waals surface area contributed by atoms with Crippen molar-refractivity contribution < 1.29 is 23.8 Å². The molecule has 2 N–H and O–H groups in total. The normalized spacial score (nSPS) is 27.6. The maximum atomic E-state index is 11.3. The number of rotatable bonds is 7. The van der Waals surface area contributed by atoms with Gasteiger partial charge in [0.25, 0.3) is 0 Å². The summed E-state index contributed by atoms with van der Waals surface area (Å²) < 4.78 is 19.3. The molecule has 190 valence electrons. The second-order valence-corrected chi connectivity index (χ2v) is 23.1. The summed E-state index contributed by atoms with van der Waals surface area (Å²) in [4.78, 5) is 1.01. The molecule has 0 aliphatic carbocycles. The SMILES string of the molecule is Cc1ccc(S[C@@H]2O[C@H](CO[Si](C)(C)C(C)(C)C)[C@@H](O)[C@H](O[Si](C)(C)C(C)(C)C)[C@H]2O)cc1. The molecular weight excluding hydrogens is 469 g/mol. The van der Waals surface area contributed by atoms with Gasteiger partial charge in [0.2, 0.25) is 0 Å². The first-order valence-corrected chi connectivity index (χ1v) is 18.6. The molecule has 0 bridgehead atoms. The first kappa shape index (κ1) is 29.0. The van der Waals surface area contributed by atoms with E-state index in [9.17, 15) is 10.2 Å². The Morgan fingerprint density at radius 1 is 0.879 bits per heavy atom. The van der Waals surface area contributed by atoms with E-state index in [1.54, 1.807) is 0 Å². The maximum absolute atomic E-state index is 11.3. The van der Waals surface area contributed by atoms with E-state index in [4.69, 9.17) is 13.6 Å². The third-order valence-corrected chi connectivity index (χ3v) is 17.7. The van der Waals surface area contributed by atoms with Crippen LogP contribution in [0.4, 0.5) is 0 Å². The van der Waals surface area contributed by atoms with Crippen LogP contribution in [0.1, 0.15) is 47.1 Å². The van der Waals surface area contributed by atoms with Crippen LogP contribution in [-0.2, 0) is 13.6 Å². The number of benzene rings is 1. The zero-order chi connectivity index (χ0) is 25.4. The van der Waals surface area contributed by atoms with Crippen molar-refractivity contribution in [3.05, 3.63) is 29.8 Å². The Hall–Kier alpha value is -0.196. The first-order valence-electron chi connectivity index (χ1n) is 11.9. The lowest BCUT2D eigenvalue weighted by atomic mass is 10.0.